The van der Waals surface area contributed by atoms with Crippen molar-refractivity contribution < 1.29 is 0 Å². The van der Waals surface area contributed by atoms with Gasteiger partial charge in [-0.25, -0.2) is 0 Å². The highest BCUT2D eigenvalue weighted by molar-refractivity contribution is 6.55. The molecule has 2 heteroatoms. The molecule has 0 amide bonds. The van der Waals surface area contributed by atoms with E-state index in [2.05, 4.69) is 18.4 Å². The van der Waals surface area contributed by atoms with Crippen molar-refractivity contribution in [2.75, 3.05) is 6.17 Å². The molecule has 0 heterocycles. The number of hydrogen-bond acceptors (Lipinski definition) is 1. The standard InChI is InChI=1S/C9H20NSi/c1-11(2)8-10-9-6-4-3-5-7-9/h9-10H,3-8H2,1-2H3. The normalized spacial score (nSPS) is 21.0. The van der Waals surface area contributed by atoms with Gasteiger partial charge in [-0.3, -0.25) is 0 Å². The molecule has 1 aliphatic carbocycles. The Kier molecular flexibility index (Phi) is 4.16. The molecule has 1 N–H and O–H groups in total. The SMILES string of the molecule is C[Si](C)CNC1CCCCC1. The molecular weight excluding hydrogens is 150 g/mol. The second kappa shape index (κ2) is 4.94. The van der Waals surface area contributed by atoms with E-state index in [-0.39, 0.29) is 8.80 Å². The molecule has 0 aromatic heterocycles. The lowest BCUT2D eigenvalue weighted by Gasteiger charge is -2.23. The highest BCUT2D eigenvalue weighted by Gasteiger charge is 2.12. The highest BCUT2D eigenvalue weighted by Crippen LogP contribution is 2.16. The van der Waals surface area contributed by atoms with Crippen molar-refractivity contribution in [1.29, 1.82) is 0 Å². The van der Waals surface area contributed by atoms with Crippen LogP contribution in [0.4, 0.5) is 0 Å². The Morgan fingerprint density at radius 3 is 2.36 bits per heavy atom. The fraction of sp³-hybridized carbons (Fsp3) is 1.00. The second-order valence-electron chi connectivity index (χ2n) is 3.92. The predicted molar refractivity (Wildman–Crippen MR) is 52.4 cm³/mol. The largest absolute Gasteiger partial charge is 0.317 e. The molecule has 0 bridgehead atoms. The average molecular weight is 170 g/mol. The maximum absolute atomic E-state index is 3.67. The van der Waals surface area contributed by atoms with Crippen LogP contribution in [-0.2, 0) is 0 Å². The van der Waals surface area contributed by atoms with Crippen LogP contribution in [-0.4, -0.2) is 21.0 Å². The van der Waals surface area contributed by atoms with Crippen molar-refractivity contribution in [3.8, 4) is 0 Å². The monoisotopic (exact) mass is 170 g/mol. The quantitative estimate of drug-likeness (QED) is 0.640. The van der Waals surface area contributed by atoms with Crippen molar-refractivity contribution in [2.24, 2.45) is 0 Å². The fourth-order valence-electron chi connectivity index (χ4n) is 1.66. The summed E-state index contributed by atoms with van der Waals surface area (Å²) < 4.78 is 0. The van der Waals surface area contributed by atoms with Crippen molar-refractivity contribution in [2.45, 2.75) is 51.2 Å². The molecule has 0 aromatic rings. The summed E-state index contributed by atoms with van der Waals surface area (Å²) in [5, 5.41) is 3.67. The molecule has 11 heavy (non-hydrogen) atoms. The van der Waals surface area contributed by atoms with Gasteiger partial charge in [0.1, 0.15) is 0 Å². The van der Waals surface area contributed by atoms with Crippen LogP contribution in [0.25, 0.3) is 0 Å². The molecule has 0 spiro atoms. The summed E-state index contributed by atoms with van der Waals surface area (Å²) >= 11 is 0. The van der Waals surface area contributed by atoms with Gasteiger partial charge in [-0.1, -0.05) is 32.4 Å². The van der Waals surface area contributed by atoms with E-state index in [1.807, 2.05) is 0 Å². The first-order valence-corrected chi connectivity index (χ1v) is 7.52. The Morgan fingerprint density at radius 2 is 1.82 bits per heavy atom. The molecule has 0 unspecified atom stereocenters. The first-order chi connectivity index (χ1) is 5.29. The van der Waals surface area contributed by atoms with E-state index in [0.717, 1.165) is 6.04 Å². The molecule has 1 fully saturated rings. The second-order valence-corrected chi connectivity index (χ2v) is 6.69. The first-order valence-electron chi connectivity index (χ1n) is 4.81. The van der Waals surface area contributed by atoms with Gasteiger partial charge in [0, 0.05) is 6.04 Å². The van der Waals surface area contributed by atoms with E-state index in [0.29, 0.717) is 0 Å². The maximum atomic E-state index is 3.67. The molecule has 1 saturated carbocycles. The van der Waals surface area contributed by atoms with Gasteiger partial charge in [0.25, 0.3) is 0 Å². The molecule has 1 rings (SSSR count). The van der Waals surface area contributed by atoms with Gasteiger partial charge in [0.05, 0.1) is 8.80 Å². The van der Waals surface area contributed by atoms with Crippen molar-refractivity contribution in [3.05, 3.63) is 0 Å². The van der Waals surface area contributed by atoms with E-state index in [1.54, 1.807) is 0 Å². The van der Waals surface area contributed by atoms with Gasteiger partial charge in [0.15, 0.2) is 0 Å². The van der Waals surface area contributed by atoms with Gasteiger partial charge in [0.2, 0.25) is 0 Å². The summed E-state index contributed by atoms with van der Waals surface area (Å²) in [7, 11) is -0.0445. The molecule has 0 aromatic carbocycles. The summed E-state index contributed by atoms with van der Waals surface area (Å²) in [5.41, 5.74) is 0. The highest BCUT2D eigenvalue weighted by atomic mass is 28.3. The molecule has 65 valence electrons. The first kappa shape index (κ1) is 9.27. The zero-order valence-electron chi connectivity index (χ0n) is 7.82. The third kappa shape index (κ3) is 3.92. The van der Waals surface area contributed by atoms with Gasteiger partial charge in [-0.15, -0.1) is 0 Å². The van der Waals surface area contributed by atoms with Crippen LogP contribution >= 0.6 is 0 Å². The van der Waals surface area contributed by atoms with Crippen LogP contribution in [0.2, 0.25) is 13.1 Å². The van der Waals surface area contributed by atoms with E-state index in [9.17, 15) is 0 Å². The molecule has 0 saturated heterocycles. The summed E-state index contributed by atoms with van der Waals surface area (Å²) in [5.74, 6) is 0. The Morgan fingerprint density at radius 1 is 1.18 bits per heavy atom. The minimum atomic E-state index is -0.0445. The zero-order chi connectivity index (χ0) is 8.10. The Balaban J connectivity index is 2.05. The van der Waals surface area contributed by atoms with Gasteiger partial charge >= 0.3 is 0 Å². The number of nitrogens with one attached hydrogen (secondary N) is 1. The number of hydrogen-bond donors (Lipinski definition) is 1. The van der Waals surface area contributed by atoms with E-state index >= 15 is 0 Å². The summed E-state index contributed by atoms with van der Waals surface area (Å²) in [6.45, 7) is 4.75. The Hall–Kier alpha value is 0.177. The van der Waals surface area contributed by atoms with Crippen molar-refractivity contribution in [1.82, 2.24) is 5.32 Å². The number of rotatable bonds is 3. The maximum Gasteiger partial charge on any atom is 0.0581 e. The Labute approximate surface area is 72.2 Å². The van der Waals surface area contributed by atoms with Gasteiger partial charge < -0.3 is 5.32 Å². The topological polar surface area (TPSA) is 12.0 Å². The van der Waals surface area contributed by atoms with E-state index in [4.69, 9.17) is 0 Å². The minimum absolute atomic E-state index is 0.0445. The molecule has 0 aliphatic heterocycles. The average Bonchev–Trinajstić information content (AvgIpc) is 2.03. The lowest BCUT2D eigenvalue weighted by atomic mass is 9.96. The lowest BCUT2D eigenvalue weighted by Crippen LogP contribution is -2.36. The molecule has 1 nitrogen and oxygen atoms in total. The summed E-state index contributed by atoms with van der Waals surface area (Å²) in [6, 6.07) is 0.864. The third-order valence-corrected chi connectivity index (χ3v) is 3.26. The van der Waals surface area contributed by atoms with Crippen LogP contribution in [0, 0.1) is 0 Å². The van der Waals surface area contributed by atoms with Crippen LogP contribution < -0.4 is 5.32 Å². The van der Waals surface area contributed by atoms with Crippen molar-refractivity contribution >= 4 is 8.80 Å². The molecule has 1 radical (unpaired) electrons. The predicted octanol–water partition coefficient (Wildman–Crippen LogP) is 2.20. The van der Waals surface area contributed by atoms with Gasteiger partial charge in [-0.05, 0) is 19.0 Å². The van der Waals surface area contributed by atoms with Crippen LogP contribution in [0.1, 0.15) is 32.1 Å². The molecule has 0 atom stereocenters. The Bertz CT molecular complexity index is 97.7. The summed E-state index contributed by atoms with van der Waals surface area (Å²) in [4.78, 5) is 0. The van der Waals surface area contributed by atoms with Crippen LogP contribution in [0.3, 0.4) is 0 Å². The van der Waals surface area contributed by atoms with E-state index < -0.39 is 0 Å². The van der Waals surface area contributed by atoms with E-state index in [1.165, 1.54) is 38.3 Å². The third-order valence-electron chi connectivity index (χ3n) is 2.35. The zero-order valence-corrected chi connectivity index (χ0v) is 8.82. The van der Waals surface area contributed by atoms with Crippen LogP contribution in [0.15, 0.2) is 0 Å². The summed E-state index contributed by atoms with van der Waals surface area (Å²) in [6.07, 6.45) is 8.52. The fourth-order valence-corrected chi connectivity index (χ4v) is 2.35. The lowest BCUT2D eigenvalue weighted by molar-refractivity contribution is 0.388. The smallest absolute Gasteiger partial charge is 0.0581 e. The van der Waals surface area contributed by atoms with Crippen molar-refractivity contribution in [3.63, 3.8) is 0 Å². The minimum Gasteiger partial charge on any atom is -0.317 e. The van der Waals surface area contributed by atoms with Crippen LogP contribution in [0.5, 0.6) is 0 Å². The van der Waals surface area contributed by atoms with Gasteiger partial charge in [-0.2, -0.15) is 0 Å². The molecular formula is C9H20NSi. The molecule has 1 aliphatic rings.